The van der Waals surface area contributed by atoms with Crippen molar-refractivity contribution in [2.75, 3.05) is 13.2 Å². The van der Waals surface area contributed by atoms with E-state index in [4.69, 9.17) is 14.0 Å². The molecule has 4 aliphatic carbocycles. The highest BCUT2D eigenvalue weighted by atomic mass is 32.2. The fourth-order valence-electron chi connectivity index (χ4n) is 5.36. The fraction of sp³-hybridized carbons (Fsp3) is 1.00. The van der Waals surface area contributed by atoms with Crippen LogP contribution in [0, 0.1) is 23.7 Å². The molecule has 2 atom stereocenters. The van der Waals surface area contributed by atoms with E-state index < -0.39 is 22.0 Å². The van der Waals surface area contributed by atoms with Crippen LogP contribution in [0.1, 0.15) is 46.0 Å². The van der Waals surface area contributed by atoms with E-state index in [9.17, 15) is 17.2 Å². The predicted octanol–water partition coefficient (Wildman–Crippen LogP) is 3.10. The summed E-state index contributed by atoms with van der Waals surface area (Å²) in [5, 5.41) is -4.25. The topological polar surface area (TPSA) is 72.8 Å². The van der Waals surface area contributed by atoms with Crippen LogP contribution in [-0.2, 0) is 19.6 Å². The first-order chi connectivity index (χ1) is 11.0. The Kier molecular flexibility index (Phi) is 4.73. The van der Waals surface area contributed by atoms with Crippen LogP contribution in [0.5, 0.6) is 0 Å². The Morgan fingerprint density at radius 3 is 2.29 bits per heavy atom. The highest BCUT2D eigenvalue weighted by Gasteiger charge is 2.56. The normalized spacial score (nSPS) is 38.9. The summed E-state index contributed by atoms with van der Waals surface area (Å²) in [6, 6.07) is 0. The number of hydrogen-bond donors (Lipinski definition) is 1. The zero-order valence-electron chi connectivity index (χ0n) is 14.1. The summed E-state index contributed by atoms with van der Waals surface area (Å²) in [4.78, 5) is 0. The Morgan fingerprint density at radius 1 is 1.21 bits per heavy atom. The van der Waals surface area contributed by atoms with Crippen LogP contribution in [0.25, 0.3) is 0 Å². The third kappa shape index (κ3) is 3.48. The molecule has 0 saturated heterocycles. The van der Waals surface area contributed by atoms with Gasteiger partial charge in [-0.2, -0.15) is 17.2 Å². The Balaban J connectivity index is 1.60. The molecular weight excluding hydrogens is 342 g/mol. The Labute approximate surface area is 141 Å². The quantitative estimate of drug-likeness (QED) is 0.699. The zero-order valence-corrected chi connectivity index (χ0v) is 14.9. The molecule has 4 saturated carbocycles. The summed E-state index contributed by atoms with van der Waals surface area (Å²) in [6.45, 7) is 2.90. The third-order valence-electron chi connectivity index (χ3n) is 5.86. The molecule has 0 heterocycles. The molecule has 0 aromatic rings. The lowest BCUT2D eigenvalue weighted by Crippen LogP contribution is -2.57. The summed E-state index contributed by atoms with van der Waals surface area (Å²) < 4.78 is 67.6. The molecule has 0 amide bonds. The van der Waals surface area contributed by atoms with Gasteiger partial charge in [-0.25, -0.2) is 0 Å². The molecule has 4 bridgehead atoms. The van der Waals surface area contributed by atoms with Gasteiger partial charge in [0.2, 0.25) is 0 Å². The molecule has 140 valence electrons. The van der Waals surface area contributed by atoms with E-state index >= 15 is 0 Å². The lowest BCUT2D eigenvalue weighted by atomic mass is 9.50. The number of halogens is 2. The van der Waals surface area contributed by atoms with Crippen LogP contribution in [0.4, 0.5) is 8.78 Å². The molecule has 24 heavy (non-hydrogen) atoms. The van der Waals surface area contributed by atoms with Crippen molar-refractivity contribution in [1.82, 2.24) is 0 Å². The number of alkyl halides is 2. The maximum atomic E-state index is 13.3. The third-order valence-corrected chi connectivity index (χ3v) is 6.73. The Bertz CT molecular complexity index is 557. The first-order valence-corrected chi connectivity index (χ1v) is 10.1. The van der Waals surface area contributed by atoms with E-state index in [1.54, 1.807) is 0 Å². The second-order valence-corrected chi connectivity index (χ2v) is 9.66. The van der Waals surface area contributed by atoms with Crippen molar-refractivity contribution in [1.29, 1.82) is 0 Å². The Hall–Kier alpha value is -0.310. The van der Waals surface area contributed by atoms with Crippen molar-refractivity contribution in [3.63, 3.8) is 0 Å². The van der Waals surface area contributed by atoms with Crippen molar-refractivity contribution in [2.24, 2.45) is 23.7 Å². The van der Waals surface area contributed by atoms with Crippen LogP contribution >= 0.6 is 0 Å². The van der Waals surface area contributed by atoms with Gasteiger partial charge >= 0.3 is 15.4 Å². The molecule has 2 unspecified atom stereocenters. The first-order valence-electron chi connectivity index (χ1n) is 8.62. The summed E-state index contributed by atoms with van der Waals surface area (Å²) >= 11 is 0. The summed E-state index contributed by atoms with van der Waals surface area (Å²) in [5.74, 6) is 1.57. The monoisotopic (exact) mass is 368 g/mol. The second kappa shape index (κ2) is 6.14. The van der Waals surface area contributed by atoms with E-state index in [0.717, 1.165) is 32.1 Å². The largest absolute Gasteiger partial charge is 0.392 e. The molecule has 0 aliphatic heterocycles. The first kappa shape index (κ1) is 18.5. The van der Waals surface area contributed by atoms with Crippen LogP contribution in [0.3, 0.4) is 0 Å². The minimum absolute atomic E-state index is 0.0699. The standard InChI is InChI=1S/C16H26F2O5S/c1-10(2)23-15-5-11-3-12(6-15)14(13(4-11)7-15)8-22-9-16(17,18)24(19,20)21/h10-14H,3-9H2,1-2H3,(H,19,20,21). The molecule has 4 rings (SSSR count). The van der Waals surface area contributed by atoms with E-state index in [-0.39, 0.29) is 24.2 Å². The van der Waals surface area contributed by atoms with Crippen molar-refractivity contribution in [3.05, 3.63) is 0 Å². The van der Waals surface area contributed by atoms with E-state index in [1.807, 2.05) is 13.8 Å². The molecule has 4 fully saturated rings. The lowest BCUT2D eigenvalue weighted by Gasteiger charge is -2.60. The second-order valence-electron chi connectivity index (χ2n) is 8.11. The zero-order chi connectivity index (χ0) is 17.8. The molecular formula is C16H26F2O5S. The van der Waals surface area contributed by atoms with E-state index in [0.29, 0.717) is 17.8 Å². The summed E-state index contributed by atoms with van der Waals surface area (Å²) in [7, 11) is -5.43. The number of hydrogen-bond acceptors (Lipinski definition) is 4. The molecule has 1 N–H and O–H groups in total. The molecule has 8 heteroatoms. The summed E-state index contributed by atoms with van der Waals surface area (Å²) in [6.07, 6.45) is 5.27. The Morgan fingerprint density at radius 2 is 1.79 bits per heavy atom. The van der Waals surface area contributed by atoms with Crippen LogP contribution in [0.2, 0.25) is 0 Å². The van der Waals surface area contributed by atoms with Crippen LogP contribution in [-0.4, -0.2) is 43.1 Å². The number of ether oxygens (including phenoxy) is 2. The van der Waals surface area contributed by atoms with Gasteiger partial charge < -0.3 is 9.47 Å². The van der Waals surface area contributed by atoms with Gasteiger partial charge in [0.25, 0.3) is 0 Å². The number of rotatable bonds is 7. The predicted molar refractivity (Wildman–Crippen MR) is 83.3 cm³/mol. The van der Waals surface area contributed by atoms with Crippen molar-refractivity contribution >= 4 is 10.1 Å². The molecule has 5 nitrogen and oxygen atoms in total. The van der Waals surface area contributed by atoms with Gasteiger partial charge in [-0.3, -0.25) is 4.55 Å². The van der Waals surface area contributed by atoms with Crippen LogP contribution < -0.4 is 0 Å². The van der Waals surface area contributed by atoms with Gasteiger partial charge in [-0.05, 0) is 69.6 Å². The van der Waals surface area contributed by atoms with E-state index in [1.165, 1.54) is 0 Å². The van der Waals surface area contributed by atoms with Gasteiger partial charge in [0.05, 0.1) is 18.3 Å². The molecule has 0 aromatic heterocycles. The average Bonchev–Trinajstić information content (AvgIpc) is 2.38. The van der Waals surface area contributed by atoms with Gasteiger partial charge in [0.15, 0.2) is 0 Å². The maximum absolute atomic E-state index is 13.3. The van der Waals surface area contributed by atoms with Crippen molar-refractivity contribution < 1.29 is 31.2 Å². The van der Waals surface area contributed by atoms with Crippen LogP contribution in [0.15, 0.2) is 0 Å². The highest BCUT2D eigenvalue weighted by molar-refractivity contribution is 7.86. The fourth-order valence-corrected chi connectivity index (χ4v) is 5.59. The van der Waals surface area contributed by atoms with Gasteiger partial charge in [-0.1, -0.05) is 0 Å². The molecule has 0 spiro atoms. The SMILES string of the molecule is CC(C)OC12CC3CC(C1)C(COCC(F)(F)S(=O)(=O)O)C(C3)C2. The van der Waals surface area contributed by atoms with Gasteiger partial charge in [-0.15, -0.1) is 0 Å². The summed E-state index contributed by atoms with van der Waals surface area (Å²) in [5.41, 5.74) is -0.0699. The molecule has 0 aromatic carbocycles. The van der Waals surface area contributed by atoms with E-state index in [2.05, 4.69) is 0 Å². The van der Waals surface area contributed by atoms with Crippen molar-refractivity contribution in [3.8, 4) is 0 Å². The van der Waals surface area contributed by atoms with Crippen molar-refractivity contribution in [2.45, 2.75) is 62.9 Å². The molecule has 0 radical (unpaired) electrons. The molecule has 4 aliphatic rings. The van der Waals surface area contributed by atoms with Gasteiger partial charge in [0.1, 0.15) is 6.61 Å². The minimum atomic E-state index is -5.43. The minimum Gasteiger partial charge on any atom is -0.374 e. The van der Waals surface area contributed by atoms with Gasteiger partial charge in [0, 0.05) is 0 Å². The lowest BCUT2D eigenvalue weighted by molar-refractivity contribution is -0.206. The average molecular weight is 368 g/mol. The smallest absolute Gasteiger partial charge is 0.374 e. The highest BCUT2D eigenvalue weighted by Crippen LogP contribution is 2.59. The maximum Gasteiger partial charge on any atom is 0.392 e.